The van der Waals surface area contributed by atoms with Gasteiger partial charge in [0.1, 0.15) is 0 Å². The summed E-state index contributed by atoms with van der Waals surface area (Å²) in [5, 5.41) is 9.29. The molecule has 6 heteroatoms. The molecule has 0 amide bonds. The van der Waals surface area contributed by atoms with Gasteiger partial charge in [0.2, 0.25) is 10.0 Å². The summed E-state index contributed by atoms with van der Waals surface area (Å²) >= 11 is 0. The molecule has 0 aliphatic rings. The molecule has 0 bridgehead atoms. The molecule has 1 atom stereocenters. The second kappa shape index (κ2) is 7.43. The highest BCUT2D eigenvalue weighted by atomic mass is 32.2. The second-order valence-electron chi connectivity index (χ2n) is 5.65. The lowest BCUT2D eigenvalue weighted by atomic mass is 9.94. The molecule has 0 aliphatic heterocycles. The van der Waals surface area contributed by atoms with Crippen molar-refractivity contribution in [3.8, 4) is 6.07 Å². The zero-order valence-electron chi connectivity index (χ0n) is 14.0. The molecule has 5 nitrogen and oxygen atoms in total. The largest absolute Gasteiger partial charge is 0.295 e. The van der Waals surface area contributed by atoms with Gasteiger partial charge in [-0.2, -0.15) is 9.98 Å². The van der Waals surface area contributed by atoms with E-state index in [1.54, 1.807) is 36.4 Å². The number of benzene rings is 2. The van der Waals surface area contributed by atoms with E-state index < -0.39 is 16.1 Å². The number of nitrogens with one attached hydrogen (secondary N) is 1. The molecule has 1 N–H and O–H groups in total. The zero-order valence-corrected chi connectivity index (χ0v) is 14.8. The molecule has 0 spiro atoms. The summed E-state index contributed by atoms with van der Waals surface area (Å²) in [6.07, 6.45) is 0. The molecule has 0 saturated carbocycles. The monoisotopic (exact) mass is 354 g/mol. The summed E-state index contributed by atoms with van der Waals surface area (Å²) in [6.45, 7) is 6.88. The van der Waals surface area contributed by atoms with Gasteiger partial charge in [-0.25, -0.2) is 8.42 Å². The van der Waals surface area contributed by atoms with Crippen LogP contribution in [0.3, 0.4) is 0 Å². The van der Waals surface area contributed by atoms with Crippen molar-refractivity contribution in [2.75, 3.05) is 0 Å². The molecule has 0 fully saturated rings. The van der Waals surface area contributed by atoms with E-state index in [9.17, 15) is 18.5 Å². The quantitative estimate of drug-likeness (QED) is 0.808. The van der Waals surface area contributed by atoms with Crippen molar-refractivity contribution in [3.05, 3.63) is 77.4 Å². The fraction of sp³-hybridized carbons (Fsp3) is 0.158. The summed E-state index contributed by atoms with van der Waals surface area (Å²) in [4.78, 5) is 11.9. The number of sulfonamides is 1. The Morgan fingerprint density at radius 3 is 2.32 bits per heavy atom. The Kier molecular flexibility index (Phi) is 5.52. The summed E-state index contributed by atoms with van der Waals surface area (Å²) in [5.74, 6) is -0.357. The molecule has 0 saturated heterocycles. The molecule has 2 aromatic carbocycles. The molecule has 2 aromatic rings. The maximum Gasteiger partial charge on any atom is 0.241 e. The number of nitrogens with zero attached hydrogens (tertiary/aromatic N) is 1. The topological polar surface area (TPSA) is 87.0 Å². The van der Waals surface area contributed by atoms with Crippen LogP contribution in [-0.4, -0.2) is 14.2 Å². The van der Waals surface area contributed by atoms with E-state index in [0.717, 1.165) is 5.56 Å². The summed E-state index contributed by atoms with van der Waals surface area (Å²) in [7, 11) is -3.90. The smallest absolute Gasteiger partial charge is 0.241 e. The van der Waals surface area contributed by atoms with Crippen LogP contribution in [-0.2, 0) is 14.8 Å². The Balaban J connectivity index is 2.51. The van der Waals surface area contributed by atoms with E-state index >= 15 is 0 Å². The van der Waals surface area contributed by atoms with Crippen LogP contribution in [0.25, 0.3) is 0 Å². The van der Waals surface area contributed by atoms with E-state index in [1.807, 2.05) is 13.0 Å². The van der Waals surface area contributed by atoms with Crippen LogP contribution >= 0.6 is 0 Å². The first-order valence-corrected chi connectivity index (χ1v) is 9.02. The zero-order chi connectivity index (χ0) is 18.6. The van der Waals surface area contributed by atoms with Crippen molar-refractivity contribution < 1.29 is 13.2 Å². The van der Waals surface area contributed by atoms with Gasteiger partial charge in [0.25, 0.3) is 0 Å². The van der Waals surface area contributed by atoms with E-state index in [-0.39, 0.29) is 21.8 Å². The number of Topliss-reactive ketones (excluding diaryl/α,β-unsaturated/α-hetero) is 1. The first kappa shape index (κ1) is 18.6. The minimum atomic E-state index is -3.90. The Labute approximate surface area is 147 Å². The molecule has 0 heterocycles. The van der Waals surface area contributed by atoms with Gasteiger partial charge >= 0.3 is 0 Å². The number of nitriles is 1. The van der Waals surface area contributed by atoms with Gasteiger partial charge in [0, 0.05) is 5.57 Å². The average molecular weight is 354 g/mol. The molecule has 25 heavy (non-hydrogen) atoms. The van der Waals surface area contributed by atoms with E-state index in [1.165, 1.54) is 19.1 Å². The summed E-state index contributed by atoms with van der Waals surface area (Å²) in [6, 6.07) is 13.9. The van der Waals surface area contributed by atoms with Crippen LogP contribution in [0.2, 0.25) is 0 Å². The van der Waals surface area contributed by atoms with E-state index in [0.29, 0.717) is 5.56 Å². The first-order valence-electron chi connectivity index (χ1n) is 7.54. The van der Waals surface area contributed by atoms with E-state index in [4.69, 9.17) is 0 Å². The van der Waals surface area contributed by atoms with Gasteiger partial charge in [-0.05, 0) is 37.6 Å². The number of aryl methyl sites for hydroxylation is 1. The Bertz CT molecular complexity index is 955. The van der Waals surface area contributed by atoms with Crippen molar-refractivity contribution in [3.63, 3.8) is 0 Å². The third-order valence-corrected chi connectivity index (χ3v) is 5.24. The highest BCUT2D eigenvalue weighted by Gasteiger charge is 2.27. The van der Waals surface area contributed by atoms with Crippen molar-refractivity contribution >= 4 is 15.8 Å². The number of hydrogen-bond donors (Lipinski definition) is 1. The van der Waals surface area contributed by atoms with Gasteiger partial charge in [0.05, 0.1) is 22.6 Å². The first-order chi connectivity index (χ1) is 11.8. The molecule has 128 valence electrons. The van der Waals surface area contributed by atoms with Crippen LogP contribution in [0.15, 0.2) is 65.6 Å². The van der Waals surface area contributed by atoms with Gasteiger partial charge in [-0.1, -0.05) is 42.5 Å². The third kappa shape index (κ3) is 4.21. The highest BCUT2D eigenvalue weighted by molar-refractivity contribution is 7.89. The van der Waals surface area contributed by atoms with E-state index in [2.05, 4.69) is 11.3 Å². The normalized spacial score (nSPS) is 12.2. The number of hydrogen-bond acceptors (Lipinski definition) is 4. The maximum atomic E-state index is 12.7. The number of ketones is 1. The molecule has 0 unspecified atom stereocenters. The highest BCUT2D eigenvalue weighted by Crippen LogP contribution is 2.26. The molecular weight excluding hydrogens is 336 g/mol. The fourth-order valence-corrected chi connectivity index (χ4v) is 3.53. The Hall–Kier alpha value is -2.75. The van der Waals surface area contributed by atoms with Crippen LogP contribution in [0.1, 0.15) is 29.7 Å². The van der Waals surface area contributed by atoms with Crippen molar-refractivity contribution in [2.24, 2.45) is 0 Å². The van der Waals surface area contributed by atoms with Crippen LogP contribution in [0.5, 0.6) is 0 Å². The van der Waals surface area contributed by atoms with Crippen molar-refractivity contribution in [1.29, 1.82) is 5.26 Å². The summed E-state index contributed by atoms with van der Waals surface area (Å²) in [5.41, 5.74) is 1.67. The van der Waals surface area contributed by atoms with Gasteiger partial charge in [0.15, 0.2) is 5.78 Å². The number of rotatable bonds is 6. The lowest BCUT2D eigenvalue weighted by molar-refractivity contribution is -0.113. The standard InChI is InChI=1S/C19H18N2O3S/c1-13-8-10-17(11-9-13)25(23,24)21-19(14(2)15(3)22)18-7-5-4-6-16(18)12-20/h4-11,19,21H,2H2,1,3H3/t19-/m1/s1. The van der Waals surface area contributed by atoms with Crippen LogP contribution < -0.4 is 4.72 Å². The van der Waals surface area contributed by atoms with Crippen molar-refractivity contribution in [1.82, 2.24) is 4.72 Å². The predicted octanol–water partition coefficient (Wildman–Crippen LogP) is 3.03. The number of carbonyl (C=O) groups is 1. The van der Waals surface area contributed by atoms with Gasteiger partial charge in [-0.3, -0.25) is 4.79 Å². The molecule has 0 radical (unpaired) electrons. The van der Waals surface area contributed by atoms with Gasteiger partial charge in [-0.15, -0.1) is 0 Å². The molecular formula is C19H18N2O3S. The third-order valence-electron chi connectivity index (χ3n) is 3.80. The molecule has 0 aromatic heterocycles. The van der Waals surface area contributed by atoms with Crippen LogP contribution in [0, 0.1) is 18.3 Å². The minimum Gasteiger partial charge on any atom is -0.295 e. The fourth-order valence-electron chi connectivity index (χ4n) is 2.32. The summed E-state index contributed by atoms with van der Waals surface area (Å²) < 4.78 is 27.9. The van der Waals surface area contributed by atoms with Crippen molar-refractivity contribution in [2.45, 2.75) is 24.8 Å². The Morgan fingerprint density at radius 1 is 1.16 bits per heavy atom. The lowest BCUT2D eigenvalue weighted by Crippen LogP contribution is -2.31. The SMILES string of the molecule is C=C(C(C)=O)[C@@H](NS(=O)(=O)c1ccc(C)cc1)c1ccccc1C#N. The lowest BCUT2D eigenvalue weighted by Gasteiger charge is -2.21. The maximum absolute atomic E-state index is 12.7. The van der Waals surface area contributed by atoms with Crippen LogP contribution in [0.4, 0.5) is 0 Å². The molecule has 2 rings (SSSR count). The Morgan fingerprint density at radius 2 is 1.76 bits per heavy atom. The number of carbonyl (C=O) groups excluding carboxylic acids is 1. The molecule has 0 aliphatic carbocycles. The van der Waals surface area contributed by atoms with Gasteiger partial charge < -0.3 is 0 Å². The minimum absolute atomic E-state index is 0.0680. The average Bonchev–Trinajstić information content (AvgIpc) is 2.59. The predicted molar refractivity (Wildman–Crippen MR) is 95.2 cm³/mol. The second-order valence-corrected chi connectivity index (χ2v) is 7.36.